The summed E-state index contributed by atoms with van der Waals surface area (Å²) in [6.07, 6.45) is -1.60. The van der Waals surface area contributed by atoms with Crippen LogP contribution in [0.2, 0.25) is 0 Å². The molecule has 158 valence electrons. The molecule has 1 aromatic carbocycles. The number of thiophene rings is 1. The van der Waals surface area contributed by atoms with Crippen LogP contribution in [0.15, 0.2) is 46.0 Å². The van der Waals surface area contributed by atoms with Crippen LogP contribution in [0.1, 0.15) is 41.6 Å². The highest BCUT2D eigenvalue weighted by Crippen LogP contribution is 2.30. The highest BCUT2D eigenvalue weighted by Gasteiger charge is 2.34. The van der Waals surface area contributed by atoms with Gasteiger partial charge in [-0.1, -0.05) is 12.5 Å². The van der Waals surface area contributed by atoms with Gasteiger partial charge < -0.3 is 5.32 Å². The van der Waals surface area contributed by atoms with E-state index in [1.54, 1.807) is 17.5 Å². The number of piperidine rings is 1. The number of amides is 1. The van der Waals surface area contributed by atoms with Crippen LogP contribution < -0.4 is 5.32 Å². The lowest BCUT2D eigenvalue weighted by Gasteiger charge is -2.34. The molecule has 1 saturated heterocycles. The third-order valence-electron chi connectivity index (χ3n) is 4.87. The second-order valence-electron chi connectivity index (χ2n) is 6.82. The van der Waals surface area contributed by atoms with Crippen LogP contribution in [0.4, 0.5) is 13.2 Å². The van der Waals surface area contributed by atoms with Crippen molar-refractivity contribution in [3.8, 4) is 0 Å². The second kappa shape index (κ2) is 8.85. The first kappa shape index (κ1) is 21.8. The minimum Gasteiger partial charge on any atom is -0.352 e. The molecule has 1 atom stereocenters. The summed E-state index contributed by atoms with van der Waals surface area (Å²) >= 11 is 1.17. The fourth-order valence-electron chi connectivity index (χ4n) is 3.37. The average Bonchev–Trinajstić information content (AvgIpc) is 3.23. The molecule has 3 rings (SSSR count). The molecule has 1 aliphatic rings. The normalized spacial score (nSPS) is 18.5. The second-order valence-corrected chi connectivity index (χ2v) is 9.88. The van der Waals surface area contributed by atoms with Crippen LogP contribution in [0.5, 0.6) is 0 Å². The highest BCUT2D eigenvalue weighted by atomic mass is 32.2. The van der Waals surface area contributed by atoms with Gasteiger partial charge in [0.25, 0.3) is 15.9 Å². The van der Waals surface area contributed by atoms with E-state index >= 15 is 0 Å². The first-order valence-corrected chi connectivity index (χ1v) is 11.5. The Morgan fingerprint density at radius 1 is 1.17 bits per heavy atom. The number of rotatable bonds is 6. The third-order valence-corrected chi connectivity index (χ3v) is 8.19. The van der Waals surface area contributed by atoms with Crippen LogP contribution >= 0.6 is 11.3 Å². The number of alkyl halides is 3. The molecule has 0 saturated carbocycles. The monoisotopic (exact) mass is 446 g/mol. The predicted octanol–water partition coefficient (Wildman–Crippen LogP) is 4.13. The summed E-state index contributed by atoms with van der Waals surface area (Å²) in [5, 5.41) is 4.39. The van der Waals surface area contributed by atoms with Crippen LogP contribution in [-0.4, -0.2) is 37.8 Å². The van der Waals surface area contributed by atoms with E-state index in [-0.39, 0.29) is 18.2 Å². The molecule has 5 nitrogen and oxygen atoms in total. The van der Waals surface area contributed by atoms with Crippen molar-refractivity contribution in [1.82, 2.24) is 9.62 Å². The predicted molar refractivity (Wildman–Crippen MR) is 104 cm³/mol. The van der Waals surface area contributed by atoms with Crippen LogP contribution in [-0.2, 0) is 16.2 Å². The molecule has 29 heavy (non-hydrogen) atoms. The zero-order valence-electron chi connectivity index (χ0n) is 15.5. The Labute approximate surface area is 171 Å². The molecular weight excluding hydrogens is 425 g/mol. The van der Waals surface area contributed by atoms with E-state index in [0.29, 0.717) is 23.6 Å². The molecule has 0 spiro atoms. The summed E-state index contributed by atoms with van der Waals surface area (Å²) in [6, 6.07) is 7.05. The maximum absolute atomic E-state index is 12.8. The molecule has 0 aliphatic carbocycles. The van der Waals surface area contributed by atoms with Crippen molar-refractivity contribution in [2.24, 2.45) is 0 Å². The lowest BCUT2D eigenvalue weighted by atomic mass is 10.0. The van der Waals surface area contributed by atoms with E-state index < -0.39 is 27.7 Å². The Bertz CT molecular complexity index is 927. The smallest absolute Gasteiger partial charge is 0.352 e. The first-order valence-electron chi connectivity index (χ1n) is 9.20. The molecule has 1 N–H and O–H groups in total. The molecule has 1 aromatic heterocycles. The zero-order valence-corrected chi connectivity index (χ0v) is 17.1. The van der Waals surface area contributed by atoms with Crippen LogP contribution in [0.3, 0.4) is 0 Å². The van der Waals surface area contributed by atoms with Gasteiger partial charge in [0.15, 0.2) is 0 Å². The van der Waals surface area contributed by atoms with Gasteiger partial charge in [0.1, 0.15) is 4.21 Å². The van der Waals surface area contributed by atoms with E-state index in [4.69, 9.17) is 0 Å². The molecule has 1 fully saturated rings. The van der Waals surface area contributed by atoms with Crippen LogP contribution in [0.25, 0.3) is 0 Å². The number of carbonyl (C=O) groups is 1. The van der Waals surface area contributed by atoms with Crippen molar-refractivity contribution in [1.29, 1.82) is 0 Å². The number of sulfonamides is 1. The number of nitrogens with zero attached hydrogens (tertiary/aromatic N) is 1. The van der Waals surface area contributed by atoms with Gasteiger partial charge in [-0.05, 0) is 55.0 Å². The summed E-state index contributed by atoms with van der Waals surface area (Å²) in [5.74, 6) is -0.484. The Morgan fingerprint density at radius 2 is 1.90 bits per heavy atom. The van der Waals surface area contributed by atoms with E-state index in [0.717, 1.165) is 37.1 Å². The lowest BCUT2D eigenvalue weighted by Crippen LogP contribution is -2.44. The summed E-state index contributed by atoms with van der Waals surface area (Å²) in [6.45, 7) is 0.679. The standard InChI is InChI=1S/C19H21F3N2O3S2/c20-19(21,22)15-8-6-14(7-9-15)18(25)23-11-10-16-4-1-2-12-24(16)29(26,27)17-5-3-13-28-17/h3,5-9,13,16H,1-2,4,10-12H2,(H,23,25). The number of hydrogen-bond acceptors (Lipinski definition) is 4. The number of nitrogens with one attached hydrogen (secondary N) is 1. The lowest BCUT2D eigenvalue weighted by molar-refractivity contribution is -0.137. The van der Waals surface area contributed by atoms with E-state index in [2.05, 4.69) is 5.32 Å². The minimum atomic E-state index is -4.45. The Morgan fingerprint density at radius 3 is 2.52 bits per heavy atom. The summed E-state index contributed by atoms with van der Waals surface area (Å²) in [5.41, 5.74) is -0.685. The number of hydrogen-bond donors (Lipinski definition) is 1. The average molecular weight is 447 g/mol. The number of carbonyl (C=O) groups excluding carboxylic acids is 1. The molecule has 1 unspecified atom stereocenters. The molecule has 0 bridgehead atoms. The van der Waals surface area contributed by atoms with Crippen molar-refractivity contribution < 1.29 is 26.4 Å². The largest absolute Gasteiger partial charge is 0.416 e. The molecule has 0 radical (unpaired) electrons. The summed E-state index contributed by atoms with van der Waals surface area (Å²) in [7, 11) is -3.56. The van der Waals surface area contributed by atoms with Gasteiger partial charge in [-0.15, -0.1) is 11.3 Å². The van der Waals surface area contributed by atoms with Gasteiger partial charge in [0.05, 0.1) is 5.56 Å². The van der Waals surface area contributed by atoms with Gasteiger partial charge in [-0.2, -0.15) is 17.5 Å². The van der Waals surface area contributed by atoms with E-state index in [1.165, 1.54) is 15.6 Å². The Hall–Kier alpha value is -1.91. The minimum absolute atomic E-state index is 0.129. The summed E-state index contributed by atoms with van der Waals surface area (Å²) < 4.78 is 65.3. The van der Waals surface area contributed by atoms with Gasteiger partial charge in [-0.3, -0.25) is 4.79 Å². The Balaban J connectivity index is 1.59. The van der Waals surface area contributed by atoms with Gasteiger partial charge in [0.2, 0.25) is 0 Å². The van der Waals surface area contributed by atoms with E-state index in [1.807, 2.05) is 0 Å². The molecular formula is C19H21F3N2O3S2. The van der Waals surface area contributed by atoms with Crippen molar-refractivity contribution in [2.45, 2.75) is 42.1 Å². The van der Waals surface area contributed by atoms with E-state index in [9.17, 15) is 26.4 Å². The molecule has 1 aliphatic heterocycles. The fourth-order valence-corrected chi connectivity index (χ4v) is 6.21. The van der Waals surface area contributed by atoms with Crippen molar-refractivity contribution in [3.63, 3.8) is 0 Å². The van der Waals surface area contributed by atoms with Crippen molar-refractivity contribution >= 4 is 27.3 Å². The topological polar surface area (TPSA) is 66.5 Å². The van der Waals surface area contributed by atoms with Gasteiger partial charge in [-0.25, -0.2) is 8.42 Å². The molecule has 2 aromatic rings. The molecule has 10 heteroatoms. The third kappa shape index (κ3) is 5.18. The zero-order chi connectivity index (χ0) is 21.1. The first-order chi connectivity index (χ1) is 13.7. The van der Waals surface area contributed by atoms with Gasteiger partial charge in [0, 0.05) is 24.7 Å². The number of halogens is 3. The quantitative estimate of drug-likeness (QED) is 0.726. The Kier molecular flexibility index (Phi) is 6.65. The maximum Gasteiger partial charge on any atom is 0.416 e. The summed E-state index contributed by atoms with van der Waals surface area (Å²) in [4.78, 5) is 12.2. The molecule has 2 heterocycles. The fraction of sp³-hybridized carbons (Fsp3) is 0.421. The highest BCUT2D eigenvalue weighted by molar-refractivity contribution is 7.91. The SMILES string of the molecule is O=C(NCCC1CCCCN1S(=O)(=O)c1cccs1)c1ccc(C(F)(F)F)cc1. The van der Waals surface area contributed by atoms with Crippen LogP contribution in [0, 0.1) is 0 Å². The maximum atomic E-state index is 12.8. The number of benzene rings is 1. The van der Waals surface area contributed by atoms with Crippen molar-refractivity contribution in [2.75, 3.05) is 13.1 Å². The molecule has 1 amide bonds. The van der Waals surface area contributed by atoms with Gasteiger partial charge >= 0.3 is 6.18 Å². The van der Waals surface area contributed by atoms with Crippen molar-refractivity contribution in [3.05, 3.63) is 52.9 Å².